The SMILES string of the molecule is C[C@@H]1Sc2sc(=S)sc2S[C@H](C)C1=O. The Morgan fingerprint density at radius 1 is 1.07 bits per heavy atom. The summed E-state index contributed by atoms with van der Waals surface area (Å²) >= 11 is 11.7. The molecule has 1 aliphatic rings. The Labute approximate surface area is 104 Å². The van der Waals surface area contributed by atoms with Crippen molar-refractivity contribution >= 4 is 64.2 Å². The van der Waals surface area contributed by atoms with Crippen LogP contribution in [0.15, 0.2) is 8.42 Å². The smallest absolute Gasteiger partial charge is 0.158 e. The van der Waals surface area contributed by atoms with Crippen molar-refractivity contribution in [2.75, 3.05) is 0 Å². The van der Waals surface area contributed by atoms with Gasteiger partial charge < -0.3 is 0 Å². The normalized spacial score (nSPS) is 27.1. The molecule has 2 rings (SSSR count). The van der Waals surface area contributed by atoms with Crippen LogP contribution in [0.4, 0.5) is 0 Å². The van der Waals surface area contributed by atoms with Crippen molar-refractivity contribution in [2.45, 2.75) is 32.8 Å². The van der Waals surface area contributed by atoms with Gasteiger partial charge in [-0.2, -0.15) is 0 Å². The number of fused-ring (bicyclic) bond motifs is 1. The third-order valence-corrected chi connectivity index (χ3v) is 7.60. The minimum Gasteiger partial charge on any atom is -0.297 e. The summed E-state index contributed by atoms with van der Waals surface area (Å²) in [6.07, 6.45) is 0. The van der Waals surface area contributed by atoms with E-state index in [1.54, 1.807) is 46.2 Å². The molecule has 6 heteroatoms. The minimum atomic E-state index is 0.0685. The maximum absolute atomic E-state index is 11.7. The minimum absolute atomic E-state index is 0.0685. The van der Waals surface area contributed by atoms with Crippen LogP contribution in [0, 0.1) is 3.14 Å². The number of ketones is 1. The predicted octanol–water partition coefficient (Wildman–Crippen LogP) is 4.08. The number of hydrogen-bond acceptors (Lipinski definition) is 6. The first kappa shape index (κ1) is 11.1. The highest BCUT2D eigenvalue weighted by molar-refractivity contribution is 8.07. The van der Waals surface area contributed by atoms with Crippen LogP contribution >= 0.6 is 58.4 Å². The number of carbonyl (C=O) groups excluding carboxylic acids is 1. The number of hydrogen-bond donors (Lipinski definition) is 0. The second kappa shape index (κ2) is 4.25. The highest BCUT2D eigenvalue weighted by Gasteiger charge is 2.28. The molecule has 0 saturated heterocycles. The summed E-state index contributed by atoms with van der Waals surface area (Å²) in [5, 5.41) is 0.137. The molecule has 0 fully saturated rings. The van der Waals surface area contributed by atoms with Crippen LogP contribution in [0.3, 0.4) is 0 Å². The van der Waals surface area contributed by atoms with E-state index >= 15 is 0 Å². The first-order valence-corrected chi connectivity index (χ1v) is 7.89. The van der Waals surface area contributed by atoms with Crippen molar-refractivity contribution in [1.82, 2.24) is 0 Å². The van der Waals surface area contributed by atoms with Crippen molar-refractivity contribution in [2.24, 2.45) is 0 Å². The lowest BCUT2D eigenvalue weighted by molar-refractivity contribution is -0.117. The number of rotatable bonds is 0. The van der Waals surface area contributed by atoms with Crippen molar-refractivity contribution in [3.05, 3.63) is 3.14 Å². The molecule has 2 heterocycles. The molecule has 1 nitrogen and oxygen atoms in total. The maximum Gasteiger partial charge on any atom is 0.158 e. The van der Waals surface area contributed by atoms with Crippen LogP contribution in [-0.4, -0.2) is 16.3 Å². The zero-order chi connectivity index (χ0) is 10.3. The molecule has 0 amide bonds. The van der Waals surface area contributed by atoms with Crippen LogP contribution in [0.5, 0.6) is 0 Å². The van der Waals surface area contributed by atoms with Gasteiger partial charge in [-0.1, -0.05) is 12.2 Å². The summed E-state index contributed by atoms with van der Waals surface area (Å²) in [6, 6.07) is 0. The summed E-state index contributed by atoms with van der Waals surface area (Å²) < 4.78 is 3.43. The fraction of sp³-hybridized carbons (Fsp3) is 0.500. The maximum atomic E-state index is 11.7. The van der Waals surface area contributed by atoms with Gasteiger partial charge in [0.2, 0.25) is 0 Å². The predicted molar refractivity (Wildman–Crippen MR) is 68.7 cm³/mol. The van der Waals surface area contributed by atoms with Gasteiger partial charge in [-0.05, 0) is 13.8 Å². The van der Waals surface area contributed by atoms with Crippen LogP contribution in [0.25, 0.3) is 0 Å². The lowest BCUT2D eigenvalue weighted by atomic mass is 10.2. The highest BCUT2D eigenvalue weighted by Crippen LogP contribution is 2.47. The Morgan fingerprint density at radius 2 is 1.50 bits per heavy atom. The van der Waals surface area contributed by atoms with Crippen LogP contribution < -0.4 is 0 Å². The Balaban J connectivity index is 2.42. The molecule has 0 saturated carbocycles. The van der Waals surface area contributed by atoms with Gasteiger partial charge in [-0.25, -0.2) is 0 Å². The van der Waals surface area contributed by atoms with E-state index in [4.69, 9.17) is 12.2 Å². The van der Waals surface area contributed by atoms with E-state index in [0.29, 0.717) is 5.78 Å². The van der Waals surface area contributed by atoms with E-state index in [-0.39, 0.29) is 10.5 Å². The van der Waals surface area contributed by atoms with E-state index in [2.05, 4.69) is 0 Å². The zero-order valence-electron chi connectivity index (χ0n) is 7.60. The molecule has 1 aliphatic heterocycles. The molecule has 0 aliphatic carbocycles. The van der Waals surface area contributed by atoms with E-state index < -0.39 is 0 Å². The largest absolute Gasteiger partial charge is 0.297 e. The van der Waals surface area contributed by atoms with Gasteiger partial charge in [-0.3, -0.25) is 4.79 Å². The van der Waals surface area contributed by atoms with Gasteiger partial charge in [0, 0.05) is 0 Å². The first-order valence-electron chi connectivity index (χ1n) is 4.09. The fourth-order valence-corrected chi connectivity index (χ4v) is 7.83. The Bertz CT molecular complexity index is 383. The van der Waals surface area contributed by atoms with Gasteiger partial charge in [0.1, 0.15) is 3.14 Å². The summed E-state index contributed by atoms with van der Waals surface area (Å²) in [5.74, 6) is 0.335. The Hall–Kier alpha value is 0.640. The topological polar surface area (TPSA) is 17.1 Å². The van der Waals surface area contributed by atoms with Gasteiger partial charge in [-0.15, -0.1) is 46.2 Å². The van der Waals surface area contributed by atoms with E-state index in [1.165, 1.54) is 8.42 Å². The second-order valence-corrected chi connectivity index (χ2v) is 9.40. The third-order valence-electron chi connectivity index (χ3n) is 1.89. The summed E-state index contributed by atoms with van der Waals surface area (Å²) in [5.41, 5.74) is 0. The van der Waals surface area contributed by atoms with E-state index in [1.807, 2.05) is 13.8 Å². The van der Waals surface area contributed by atoms with Crippen molar-refractivity contribution in [3.63, 3.8) is 0 Å². The Kier molecular flexibility index (Phi) is 3.38. The molecule has 0 aromatic carbocycles. The highest BCUT2D eigenvalue weighted by atomic mass is 32.2. The summed E-state index contributed by atoms with van der Waals surface area (Å²) in [7, 11) is 0. The second-order valence-electron chi connectivity index (χ2n) is 2.95. The average Bonchev–Trinajstić information content (AvgIpc) is 2.40. The molecular formula is C8H8OS5. The van der Waals surface area contributed by atoms with Gasteiger partial charge in [0.15, 0.2) is 5.78 Å². The third kappa shape index (κ3) is 2.09. The number of thioether (sulfide) groups is 2. The average molecular weight is 280 g/mol. The molecule has 0 unspecified atom stereocenters. The van der Waals surface area contributed by atoms with Crippen molar-refractivity contribution in [3.8, 4) is 0 Å². The molecule has 1 aromatic rings. The molecular weight excluding hydrogens is 272 g/mol. The molecule has 14 heavy (non-hydrogen) atoms. The molecule has 2 atom stereocenters. The van der Waals surface area contributed by atoms with Crippen LogP contribution in [0.2, 0.25) is 0 Å². The van der Waals surface area contributed by atoms with E-state index in [9.17, 15) is 4.79 Å². The van der Waals surface area contributed by atoms with Crippen LogP contribution in [0.1, 0.15) is 13.8 Å². The monoisotopic (exact) mass is 280 g/mol. The zero-order valence-corrected chi connectivity index (χ0v) is 11.7. The van der Waals surface area contributed by atoms with E-state index in [0.717, 1.165) is 3.14 Å². The molecule has 0 bridgehead atoms. The first-order chi connectivity index (χ1) is 6.58. The molecule has 1 aromatic heterocycles. The molecule has 0 spiro atoms. The van der Waals surface area contributed by atoms with Crippen LogP contribution in [-0.2, 0) is 4.79 Å². The standard InChI is InChI=1S/C8H8OS5/c1-3-5(9)4(2)12-7-6(11-3)13-8(10)14-7/h3-4H,1-2H3/t3-,4+. The van der Waals surface area contributed by atoms with Crippen molar-refractivity contribution < 1.29 is 4.79 Å². The quantitative estimate of drug-likeness (QED) is 0.666. The summed E-state index contributed by atoms with van der Waals surface area (Å²) in [4.78, 5) is 11.7. The lowest BCUT2D eigenvalue weighted by Crippen LogP contribution is -2.21. The number of carbonyl (C=O) groups is 1. The lowest BCUT2D eigenvalue weighted by Gasteiger charge is -2.08. The fourth-order valence-electron chi connectivity index (χ4n) is 1.17. The molecule has 76 valence electrons. The Morgan fingerprint density at radius 3 is 1.93 bits per heavy atom. The summed E-state index contributed by atoms with van der Waals surface area (Å²) in [6.45, 7) is 3.96. The van der Waals surface area contributed by atoms with Gasteiger partial charge in [0.25, 0.3) is 0 Å². The number of Topliss-reactive ketones (excluding diaryl/α,β-unsaturated/α-hetero) is 1. The van der Waals surface area contributed by atoms with Gasteiger partial charge >= 0.3 is 0 Å². The molecule has 0 N–H and O–H groups in total. The van der Waals surface area contributed by atoms with Crippen molar-refractivity contribution in [1.29, 1.82) is 0 Å². The molecule has 0 radical (unpaired) electrons. The van der Waals surface area contributed by atoms with Gasteiger partial charge in [0.05, 0.1) is 18.9 Å².